The highest BCUT2D eigenvalue weighted by Gasteiger charge is 1.87. The molecule has 0 aromatic rings. The Morgan fingerprint density at radius 1 is 1.71 bits per heavy atom. The second-order valence-electron chi connectivity index (χ2n) is 0.956. The fourth-order valence-electron chi connectivity index (χ4n) is 0.163. The van der Waals surface area contributed by atoms with Crippen molar-refractivity contribution in [3.8, 4) is 0 Å². The molecule has 0 fully saturated rings. The molecule has 7 heavy (non-hydrogen) atoms. The van der Waals surface area contributed by atoms with Crippen molar-refractivity contribution in [1.82, 2.24) is 5.32 Å². The predicted molar refractivity (Wildman–Crippen MR) is 23.1 cm³/mol. The Morgan fingerprint density at radius 3 is 2.43 bits per heavy atom. The number of carbonyl (C=O) groups is 1. The molecule has 0 heterocycles. The summed E-state index contributed by atoms with van der Waals surface area (Å²) in [5.74, 6) is 0. The molecule has 0 unspecified atom stereocenters. The summed E-state index contributed by atoms with van der Waals surface area (Å²) >= 11 is 0. The van der Waals surface area contributed by atoms with Crippen LogP contribution in [0.15, 0.2) is 0 Å². The van der Waals surface area contributed by atoms with Gasteiger partial charge in [0.15, 0.2) is 0 Å². The molecule has 0 atom stereocenters. The lowest BCUT2D eigenvalue weighted by Gasteiger charge is -1.91. The van der Waals surface area contributed by atoms with Crippen molar-refractivity contribution < 1.29 is 15.0 Å². The van der Waals surface area contributed by atoms with E-state index in [1.54, 1.807) is 0 Å². The topological polar surface area (TPSA) is 69.6 Å². The number of aliphatic hydroxyl groups excluding tert-OH is 1. The van der Waals surface area contributed by atoms with E-state index < -0.39 is 6.09 Å². The van der Waals surface area contributed by atoms with Crippen LogP contribution in [0, 0.1) is 0 Å². The summed E-state index contributed by atoms with van der Waals surface area (Å²) in [6, 6.07) is 0. The molecule has 42 valence electrons. The third kappa shape index (κ3) is 5.23. The van der Waals surface area contributed by atoms with Crippen LogP contribution in [-0.4, -0.2) is 29.5 Å². The smallest absolute Gasteiger partial charge is 0.404 e. The molecular formula is C3H7NO3. The molecule has 4 nitrogen and oxygen atoms in total. The third-order valence-electron chi connectivity index (χ3n) is 0.388. The zero-order chi connectivity index (χ0) is 5.70. The van der Waals surface area contributed by atoms with Gasteiger partial charge in [-0.2, -0.15) is 0 Å². The van der Waals surface area contributed by atoms with Crippen molar-refractivity contribution >= 4 is 6.09 Å². The molecule has 0 saturated carbocycles. The van der Waals surface area contributed by atoms with Gasteiger partial charge in [-0.3, -0.25) is 0 Å². The van der Waals surface area contributed by atoms with Crippen molar-refractivity contribution in [1.29, 1.82) is 0 Å². The van der Waals surface area contributed by atoms with Crippen LogP contribution < -0.4 is 5.32 Å². The monoisotopic (exact) mass is 105 g/mol. The Kier molecular flexibility index (Phi) is 3.04. The van der Waals surface area contributed by atoms with Gasteiger partial charge >= 0.3 is 6.09 Å². The SMILES string of the molecule is O=C(O)NCCO. The van der Waals surface area contributed by atoms with Crippen LogP contribution >= 0.6 is 0 Å². The molecule has 3 N–H and O–H groups in total. The molecule has 0 saturated heterocycles. The average Bonchev–Trinajstić information content (AvgIpc) is 1.61. The lowest BCUT2D eigenvalue weighted by molar-refractivity contribution is 0.190. The summed E-state index contributed by atoms with van der Waals surface area (Å²) in [5.41, 5.74) is 0. The van der Waals surface area contributed by atoms with Gasteiger partial charge in [0, 0.05) is 6.54 Å². The maximum atomic E-state index is 9.54. The lowest BCUT2D eigenvalue weighted by atomic mass is 10.7. The Bertz CT molecular complexity index is 63.2. The molecule has 0 aliphatic heterocycles. The number of carboxylic acid groups (broad SMARTS) is 1. The van der Waals surface area contributed by atoms with Crippen molar-refractivity contribution in [3.63, 3.8) is 0 Å². The summed E-state index contributed by atoms with van der Waals surface area (Å²) in [6.07, 6.45) is -1.10. The van der Waals surface area contributed by atoms with Crippen LogP contribution in [0.5, 0.6) is 0 Å². The maximum absolute atomic E-state index is 9.54. The molecule has 0 aromatic carbocycles. The van der Waals surface area contributed by atoms with Gasteiger partial charge in [-0.1, -0.05) is 0 Å². The molecule has 0 aliphatic carbocycles. The van der Waals surface area contributed by atoms with Gasteiger partial charge in [0.2, 0.25) is 0 Å². The first kappa shape index (κ1) is 6.23. The lowest BCUT2D eigenvalue weighted by Crippen LogP contribution is -2.23. The van der Waals surface area contributed by atoms with E-state index in [4.69, 9.17) is 10.2 Å². The van der Waals surface area contributed by atoms with E-state index in [9.17, 15) is 4.79 Å². The minimum Gasteiger partial charge on any atom is -0.465 e. The van der Waals surface area contributed by atoms with E-state index in [0.717, 1.165) is 0 Å². The average molecular weight is 105 g/mol. The van der Waals surface area contributed by atoms with Gasteiger partial charge in [0.05, 0.1) is 6.61 Å². The van der Waals surface area contributed by atoms with E-state index in [0.29, 0.717) is 0 Å². The second-order valence-corrected chi connectivity index (χ2v) is 0.956. The van der Waals surface area contributed by atoms with Crippen molar-refractivity contribution in [3.05, 3.63) is 0 Å². The predicted octanol–water partition coefficient (Wildman–Crippen LogP) is -0.754. The number of amides is 1. The summed E-state index contributed by atoms with van der Waals surface area (Å²) in [7, 11) is 0. The maximum Gasteiger partial charge on any atom is 0.404 e. The highest BCUT2D eigenvalue weighted by Crippen LogP contribution is 1.56. The van der Waals surface area contributed by atoms with Crippen LogP contribution in [-0.2, 0) is 0 Å². The first-order valence-corrected chi connectivity index (χ1v) is 1.85. The van der Waals surface area contributed by atoms with Crippen LogP contribution in [0.2, 0.25) is 0 Å². The van der Waals surface area contributed by atoms with E-state index >= 15 is 0 Å². The number of hydrogen-bond donors (Lipinski definition) is 3. The molecule has 4 heteroatoms. The standard InChI is InChI=1S/C3H7NO3/c5-2-1-4-3(6)7/h4-5H,1-2H2,(H,6,7). The van der Waals surface area contributed by atoms with Gasteiger partial charge in [-0.05, 0) is 0 Å². The minimum atomic E-state index is -1.10. The molecule has 0 aromatic heterocycles. The van der Waals surface area contributed by atoms with Gasteiger partial charge in [0.25, 0.3) is 0 Å². The quantitative estimate of drug-likeness (QED) is 0.432. The van der Waals surface area contributed by atoms with Crippen LogP contribution in [0.3, 0.4) is 0 Å². The minimum absolute atomic E-state index is 0.106. The Balaban J connectivity index is 2.82. The highest BCUT2D eigenvalue weighted by molar-refractivity contribution is 5.64. The van der Waals surface area contributed by atoms with Gasteiger partial charge < -0.3 is 15.5 Å². The summed E-state index contributed by atoms with van der Waals surface area (Å²) in [5, 5.41) is 17.8. The fourth-order valence-corrected chi connectivity index (χ4v) is 0.163. The molecule has 0 radical (unpaired) electrons. The number of aliphatic hydroxyl groups is 1. The normalized spacial score (nSPS) is 8.14. The largest absolute Gasteiger partial charge is 0.465 e. The van der Waals surface area contributed by atoms with E-state index in [1.807, 2.05) is 5.32 Å². The Labute approximate surface area is 40.8 Å². The molecular weight excluding hydrogens is 98.0 g/mol. The Hall–Kier alpha value is -0.770. The van der Waals surface area contributed by atoms with Crippen molar-refractivity contribution in [2.75, 3.05) is 13.2 Å². The van der Waals surface area contributed by atoms with Gasteiger partial charge in [-0.15, -0.1) is 0 Å². The first-order chi connectivity index (χ1) is 3.27. The summed E-state index contributed by atoms with van der Waals surface area (Å²) < 4.78 is 0. The zero-order valence-corrected chi connectivity index (χ0v) is 3.72. The molecule has 0 aliphatic rings. The van der Waals surface area contributed by atoms with Gasteiger partial charge in [-0.25, -0.2) is 4.79 Å². The van der Waals surface area contributed by atoms with Crippen LogP contribution in [0.4, 0.5) is 4.79 Å². The van der Waals surface area contributed by atoms with Crippen LogP contribution in [0.25, 0.3) is 0 Å². The Morgan fingerprint density at radius 2 is 2.29 bits per heavy atom. The molecule has 0 bridgehead atoms. The van der Waals surface area contributed by atoms with Gasteiger partial charge in [0.1, 0.15) is 0 Å². The van der Waals surface area contributed by atoms with Crippen LogP contribution in [0.1, 0.15) is 0 Å². The number of hydrogen-bond acceptors (Lipinski definition) is 2. The number of nitrogens with one attached hydrogen (secondary N) is 1. The number of rotatable bonds is 2. The van der Waals surface area contributed by atoms with E-state index in [-0.39, 0.29) is 13.2 Å². The van der Waals surface area contributed by atoms with E-state index in [1.165, 1.54) is 0 Å². The summed E-state index contributed by atoms with van der Waals surface area (Å²) in [4.78, 5) is 9.54. The molecule has 0 spiro atoms. The molecule has 1 amide bonds. The third-order valence-corrected chi connectivity index (χ3v) is 0.388. The first-order valence-electron chi connectivity index (χ1n) is 1.85. The highest BCUT2D eigenvalue weighted by atomic mass is 16.4. The van der Waals surface area contributed by atoms with Crippen molar-refractivity contribution in [2.45, 2.75) is 0 Å². The second kappa shape index (κ2) is 3.42. The fraction of sp³-hybridized carbons (Fsp3) is 0.667. The zero-order valence-electron chi connectivity index (χ0n) is 3.72. The summed E-state index contributed by atoms with van der Waals surface area (Å²) in [6.45, 7) is -0.0400. The van der Waals surface area contributed by atoms with E-state index in [2.05, 4.69) is 0 Å². The van der Waals surface area contributed by atoms with Crippen molar-refractivity contribution in [2.24, 2.45) is 0 Å². The molecule has 0 rings (SSSR count).